The molecule has 3 heteroatoms. The molecule has 0 aliphatic heterocycles. The maximum atomic E-state index is 11.3. The van der Waals surface area contributed by atoms with Gasteiger partial charge in [0.2, 0.25) is 5.91 Å². The van der Waals surface area contributed by atoms with Gasteiger partial charge < -0.3 is 10.6 Å². The SMILES string of the molecule is CN(C)c1ccc(C(CC(N)=O)c2ccccc2)cc1. The van der Waals surface area contributed by atoms with E-state index >= 15 is 0 Å². The van der Waals surface area contributed by atoms with Gasteiger partial charge in [0.1, 0.15) is 0 Å². The molecule has 2 rings (SSSR count). The van der Waals surface area contributed by atoms with Crippen LogP contribution in [0.3, 0.4) is 0 Å². The molecule has 0 bridgehead atoms. The van der Waals surface area contributed by atoms with Gasteiger partial charge in [-0.1, -0.05) is 42.5 Å². The van der Waals surface area contributed by atoms with Gasteiger partial charge in [-0.2, -0.15) is 0 Å². The van der Waals surface area contributed by atoms with Crippen LogP contribution in [0.25, 0.3) is 0 Å². The second-order valence-corrected chi connectivity index (χ2v) is 5.12. The Kier molecular flexibility index (Phi) is 4.41. The average Bonchev–Trinajstić information content (AvgIpc) is 2.45. The number of carbonyl (C=O) groups excluding carboxylic acids is 1. The van der Waals surface area contributed by atoms with Crippen LogP contribution < -0.4 is 10.6 Å². The Morgan fingerprint density at radius 3 is 2.05 bits per heavy atom. The summed E-state index contributed by atoms with van der Waals surface area (Å²) in [5, 5.41) is 0. The third-order valence-corrected chi connectivity index (χ3v) is 3.42. The molecule has 1 unspecified atom stereocenters. The summed E-state index contributed by atoms with van der Waals surface area (Å²) in [6.45, 7) is 0. The summed E-state index contributed by atoms with van der Waals surface area (Å²) >= 11 is 0. The summed E-state index contributed by atoms with van der Waals surface area (Å²) in [6, 6.07) is 18.3. The van der Waals surface area contributed by atoms with E-state index < -0.39 is 0 Å². The highest BCUT2D eigenvalue weighted by Gasteiger charge is 2.16. The lowest BCUT2D eigenvalue weighted by atomic mass is 9.88. The highest BCUT2D eigenvalue weighted by Crippen LogP contribution is 2.29. The number of amides is 1. The molecule has 0 heterocycles. The van der Waals surface area contributed by atoms with Crippen molar-refractivity contribution in [3.05, 3.63) is 65.7 Å². The van der Waals surface area contributed by atoms with Gasteiger partial charge in [0.15, 0.2) is 0 Å². The molecule has 0 radical (unpaired) electrons. The Morgan fingerprint density at radius 2 is 1.55 bits per heavy atom. The Morgan fingerprint density at radius 1 is 1.00 bits per heavy atom. The maximum Gasteiger partial charge on any atom is 0.218 e. The first-order chi connectivity index (χ1) is 9.58. The molecular formula is C17H20N2O. The fourth-order valence-corrected chi connectivity index (χ4v) is 2.32. The molecule has 104 valence electrons. The zero-order valence-electron chi connectivity index (χ0n) is 11.9. The normalized spacial score (nSPS) is 11.9. The summed E-state index contributed by atoms with van der Waals surface area (Å²) in [7, 11) is 4.01. The number of benzene rings is 2. The summed E-state index contributed by atoms with van der Waals surface area (Å²) in [4.78, 5) is 13.4. The monoisotopic (exact) mass is 268 g/mol. The Balaban J connectivity index is 2.34. The van der Waals surface area contributed by atoms with Crippen LogP contribution in [0.1, 0.15) is 23.5 Å². The number of hydrogen-bond acceptors (Lipinski definition) is 2. The number of nitrogens with two attached hydrogens (primary N) is 1. The zero-order valence-corrected chi connectivity index (χ0v) is 11.9. The van der Waals surface area contributed by atoms with Gasteiger partial charge in [0.25, 0.3) is 0 Å². The van der Waals surface area contributed by atoms with Crippen LogP contribution in [-0.2, 0) is 4.79 Å². The van der Waals surface area contributed by atoms with E-state index in [1.807, 2.05) is 44.4 Å². The molecule has 2 aromatic carbocycles. The second-order valence-electron chi connectivity index (χ2n) is 5.12. The van der Waals surface area contributed by atoms with Gasteiger partial charge in [0, 0.05) is 32.1 Å². The average molecular weight is 268 g/mol. The van der Waals surface area contributed by atoms with Crippen molar-refractivity contribution in [3.8, 4) is 0 Å². The zero-order chi connectivity index (χ0) is 14.5. The fourth-order valence-electron chi connectivity index (χ4n) is 2.32. The first-order valence-electron chi connectivity index (χ1n) is 6.68. The van der Waals surface area contributed by atoms with E-state index in [1.165, 1.54) is 0 Å². The molecule has 0 saturated carbocycles. The molecule has 0 aliphatic carbocycles. The molecule has 0 saturated heterocycles. The van der Waals surface area contributed by atoms with Gasteiger partial charge in [-0.25, -0.2) is 0 Å². The van der Waals surface area contributed by atoms with E-state index in [-0.39, 0.29) is 11.8 Å². The smallest absolute Gasteiger partial charge is 0.218 e. The Bertz CT molecular complexity index is 561. The minimum absolute atomic E-state index is 0.0184. The number of rotatable bonds is 5. The van der Waals surface area contributed by atoms with Crippen molar-refractivity contribution in [3.63, 3.8) is 0 Å². The number of anilines is 1. The van der Waals surface area contributed by atoms with Crippen molar-refractivity contribution in [2.75, 3.05) is 19.0 Å². The Hall–Kier alpha value is -2.29. The van der Waals surface area contributed by atoms with Crippen LogP contribution in [0, 0.1) is 0 Å². The molecule has 2 aromatic rings. The molecule has 0 spiro atoms. The van der Waals surface area contributed by atoms with Crippen LogP contribution >= 0.6 is 0 Å². The molecular weight excluding hydrogens is 248 g/mol. The van der Waals surface area contributed by atoms with Crippen molar-refractivity contribution >= 4 is 11.6 Å². The van der Waals surface area contributed by atoms with Crippen molar-refractivity contribution in [2.24, 2.45) is 5.73 Å². The second kappa shape index (κ2) is 6.24. The highest BCUT2D eigenvalue weighted by atomic mass is 16.1. The summed E-state index contributed by atoms with van der Waals surface area (Å²) in [6.07, 6.45) is 0.325. The van der Waals surface area contributed by atoms with Gasteiger partial charge in [0.05, 0.1) is 0 Å². The summed E-state index contributed by atoms with van der Waals surface area (Å²) in [5.41, 5.74) is 8.76. The molecule has 20 heavy (non-hydrogen) atoms. The largest absolute Gasteiger partial charge is 0.378 e. The van der Waals surface area contributed by atoms with E-state index in [2.05, 4.69) is 29.2 Å². The maximum absolute atomic E-state index is 11.3. The predicted octanol–water partition coefficient (Wildman–Crippen LogP) is 2.76. The van der Waals surface area contributed by atoms with Crippen molar-refractivity contribution in [1.82, 2.24) is 0 Å². The lowest BCUT2D eigenvalue weighted by molar-refractivity contribution is -0.118. The number of nitrogens with zero attached hydrogens (tertiary/aromatic N) is 1. The van der Waals surface area contributed by atoms with Crippen LogP contribution in [0.2, 0.25) is 0 Å². The van der Waals surface area contributed by atoms with E-state index in [9.17, 15) is 4.79 Å². The first-order valence-corrected chi connectivity index (χ1v) is 6.68. The number of primary amides is 1. The third kappa shape index (κ3) is 3.38. The van der Waals surface area contributed by atoms with Crippen LogP contribution in [0.4, 0.5) is 5.69 Å². The first kappa shape index (κ1) is 14.1. The number of hydrogen-bond donors (Lipinski definition) is 1. The predicted molar refractivity (Wildman–Crippen MR) is 82.9 cm³/mol. The van der Waals surface area contributed by atoms with Crippen LogP contribution in [0.5, 0.6) is 0 Å². The van der Waals surface area contributed by atoms with E-state index in [0.29, 0.717) is 6.42 Å². The molecule has 1 atom stereocenters. The van der Waals surface area contributed by atoms with Gasteiger partial charge >= 0.3 is 0 Å². The lowest BCUT2D eigenvalue weighted by Crippen LogP contribution is -2.16. The van der Waals surface area contributed by atoms with E-state index in [4.69, 9.17) is 5.73 Å². The molecule has 0 aliphatic rings. The molecule has 0 fully saturated rings. The van der Waals surface area contributed by atoms with Crippen molar-refractivity contribution in [1.29, 1.82) is 0 Å². The summed E-state index contributed by atoms with van der Waals surface area (Å²) in [5.74, 6) is -0.263. The Labute approximate surface area is 120 Å². The van der Waals surface area contributed by atoms with Gasteiger partial charge in [-0.15, -0.1) is 0 Å². The quantitative estimate of drug-likeness (QED) is 0.906. The van der Waals surface area contributed by atoms with Crippen LogP contribution in [-0.4, -0.2) is 20.0 Å². The van der Waals surface area contributed by atoms with Gasteiger partial charge in [-0.05, 0) is 23.3 Å². The lowest BCUT2D eigenvalue weighted by Gasteiger charge is -2.18. The standard InChI is InChI=1S/C17H20N2O/c1-19(2)15-10-8-14(9-11-15)16(12-17(18)20)13-6-4-3-5-7-13/h3-11,16H,12H2,1-2H3,(H2,18,20). The highest BCUT2D eigenvalue weighted by molar-refractivity contribution is 5.75. The molecule has 0 aromatic heterocycles. The molecule has 2 N–H and O–H groups in total. The van der Waals surface area contributed by atoms with Crippen molar-refractivity contribution < 1.29 is 4.79 Å². The third-order valence-electron chi connectivity index (χ3n) is 3.42. The molecule has 1 amide bonds. The van der Waals surface area contributed by atoms with E-state index in [1.54, 1.807) is 0 Å². The minimum Gasteiger partial charge on any atom is -0.378 e. The minimum atomic E-state index is -0.282. The summed E-state index contributed by atoms with van der Waals surface area (Å²) < 4.78 is 0. The van der Waals surface area contributed by atoms with Crippen molar-refractivity contribution in [2.45, 2.75) is 12.3 Å². The topological polar surface area (TPSA) is 46.3 Å². The molecule has 3 nitrogen and oxygen atoms in total. The fraction of sp³-hybridized carbons (Fsp3) is 0.235. The van der Waals surface area contributed by atoms with E-state index in [0.717, 1.165) is 16.8 Å². The van der Waals surface area contributed by atoms with Crippen LogP contribution in [0.15, 0.2) is 54.6 Å². The van der Waals surface area contributed by atoms with Gasteiger partial charge in [-0.3, -0.25) is 4.79 Å². The number of carbonyl (C=O) groups is 1.